The molecule has 0 aromatic heterocycles. The SMILES string of the molecule is O=C(O)C1CCO1.[NaH]. The van der Waals surface area contributed by atoms with E-state index < -0.39 is 12.1 Å². The molecule has 1 rings (SSSR count). The van der Waals surface area contributed by atoms with Crippen molar-refractivity contribution in [2.45, 2.75) is 12.5 Å². The van der Waals surface area contributed by atoms with Gasteiger partial charge in [0, 0.05) is 6.42 Å². The molecule has 0 aromatic carbocycles. The van der Waals surface area contributed by atoms with Crippen LogP contribution < -0.4 is 0 Å². The molecule has 8 heavy (non-hydrogen) atoms. The topological polar surface area (TPSA) is 46.5 Å². The summed E-state index contributed by atoms with van der Waals surface area (Å²) in [7, 11) is 0. The van der Waals surface area contributed by atoms with Gasteiger partial charge in [-0.05, 0) is 0 Å². The van der Waals surface area contributed by atoms with Crippen molar-refractivity contribution in [2.75, 3.05) is 6.61 Å². The second kappa shape index (κ2) is 3.45. The Kier molecular flexibility index (Phi) is 3.64. The zero-order chi connectivity index (χ0) is 5.28. The molecule has 3 nitrogen and oxygen atoms in total. The van der Waals surface area contributed by atoms with Crippen LogP contribution in [0, 0.1) is 0 Å². The van der Waals surface area contributed by atoms with Crippen LogP contribution in [0.4, 0.5) is 0 Å². The third-order valence-electron chi connectivity index (χ3n) is 0.975. The number of carbonyl (C=O) groups is 1. The average Bonchev–Trinajstić information content (AvgIpc) is 1.23. The molecule has 4 heteroatoms. The molecule has 0 saturated carbocycles. The normalized spacial score (nSPS) is 25.2. The molecule has 0 amide bonds. The summed E-state index contributed by atoms with van der Waals surface area (Å²) in [4.78, 5) is 9.86. The molecule has 0 aliphatic carbocycles. The monoisotopic (exact) mass is 126 g/mol. The predicted octanol–water partition coefficient (Wildman–Crippen LogP) is -0.789. The van der Waals surface area contributed by atoms with E-state index in [1.165, 1.54) is 0 Å². The fourth-order valence-corrected chi connectivity index (χ4v) is 0.430. The van der Waals surface area contributed by atoms with Crippen molar-refractivity contribution in [3.63, 3.8) is 0 Å². The van der Waals surface area contributed by atoms with Crippen molar-refractivity contribution < 1.29 is 14.6 Å². The van der Waals surface area contributed by atoms with Crippen molar-refractivity contribution in [1.82, 2.24) is 0 Å². The Morgan fingerprint density at radius 1 is 1.75 bits per heavy atom. The summed E-state index contributed by atoms with van der Waals surface area (Å²) in [5, 5.41) is 8.11. The second-order valence-corrected chi connectivity index (χ2v) is 1.49. The van der Waals surface area contributed by atoms with Gasteiger partial charge in [0.15, 0.2) is 6.10 Å². The maximum atomic E-state index is 9.86. The van der Waals surface area contributed by atoms with E-state index in [2.05, 4.69) is 4.74 Å². The van der Waals surface area contributed by atoms with Gasteiger partial charge in [-0.15, -0.1) is 0 Å². The van der Waals surface area contributed by atoms with Gasteiger partial charge in [-0.2, -0.15) is 0 Å². The Morgan fingerprint density at radius 2 is 2.25 bits per heavy atom. The summed E-state index contributed by atoms with van der Waals surface area (Å²) in [6.07, 6.45) is 0.176. The molecule has 0 aromatic rings. The molecule has 1 aliphatic rings. The average molecular weight is 126 g/mol. The summed E-state index contributed by atoms with van der Waals surface area (Å²) in [6, 6.07) is 0. The molecule has 1 N–H and O–H groups in total. The van der Waals surface area contributed by atoms with Crippen molar-refractivity contribution in [2.24, 2.45) is 0 Å². The van der Waals surface area contributed by atoms with E-state index in [0.29, 0.717) is 13.0 Å². The Labute approximate surface area is 69.3 Å². The first-order valence-electron chi connectivity index (χ1n) is 2.15. The summed E-state index contributed by atoms with van der Waals surface area (Å²) in [6.45, 7) is 0.608. The van der Waals surface area contributed by atoms with Gasteiger partial charge in [0.1, 0.15) is 0 Å². The molecule has 1 atom stereocenters. The van der Waals surface area contributed by atoms with Crippen LogP contribution in [-0.2, 0) is 9.53 Å². The number of hydrogen-bond donors (Lipinski definition) is 1. The summed E-state index contributed by atoms with van der Waals surface area (Å²) in [5.41, 5.74) is 0. The molecule has 1 aliphatic heterocycles. The minimum atomic E-state index is -0.841. The summed E-state index contributed by atoms with van der Waals surface area (Å²) < 4.78 is 4.59. The summed E-state index contributed by atoms with van der Waals surface area (Å²) in [5.74, 6) is -0.841. The maximum absolute atomic E-state index is 9.86. The first-order chi connectivity index (χ1) is 3.30. The Balaban J connectivity index is 0.000000490. The zero-order valence-electron chi connectivity index (χ0n) is 3.76. The Bertz CT molecular complexity index is 89.3. The molecule has 0 radical (unpaired) electrons. The number of rotatable bonds is 1. The molecule has 42 valence electrons. The number of ether oxygens (including phenoxy) is 1. The van der Waals surface area contributed by atoms with Crippen LogP contribution in [0.3, 0.4) is 0 Å². The van der Waals surface area contributed by atoms with E-state index in [9.17, 15) is 4.79 Å². The Morgan fingerprint density at radius 3 is 2.25 bits per heavy atom. The molecule has 1 unspecified atom stereocenters. The number of hydrogen-bond acceptors (Lipinski definition) is 2. The fourth-order valence-electron chi connectivity index (χ4n) is 0.430. The minimum absolute atomic E-state index is 0. The van der Waals surface area contributed by atoms with Crippen LogP contribution in [0.1, 0.15) is 6.42 Å². The van der Waals surface area contributed by atoms with E-state index in [4.69, 9.17) is 5.11 Å². The van der Waals surface area contributed by atoms with Gasteiger partial charge in [-0.25, -0.2) is 4.79 Å². The van der Waals surface area contributed by atoms with Crippen LogP contribution in [0.2, 0.25) is 0 Å². The molecule has 0 bridgehead atoms. The third kappa shape index (κ3) is 1.74. The van der Waals surface area contributed by atoms with E-state index in [0.717, 1.165) is 0 Å². The predicted molar refractivity (Wildman–Crippen MR) is 29.1 cm³/mol. The molecule has 0 spiro atoms. The standard InChI is InChI=1S/C4H6O3.Na.H/c5-4(6)3-1-2-7-3;;/h3H,1-2H2,(H,5,6);;. The van der Waals surface area contributed by atoms with Gasteiger partial charge >= 0.3 is 35.5 Å². The van der Waals surface area contributed by atoms with Crippen molar-refractivity contribution in [3.8, 4) is 0 Å². The van der Waals surface area contributed by atoms with Crippen molar-refractivity contribution in [3.05, 3.63) is 0 Å². The van der Waals surface area contributed by atoms with Gasteiger partial charge in [0.2, 0.25) is 0 Å². The fraction of sp³-hybridized carbons (Fsp3) is 0.750. The number of carboxylic acids is 1. The molecular formula is C4H7NaO3. The van der Waals surface area contributed by atoms with Crippen LogP contribution in [-0.4, -0.2) is 53.3 Å². The van der Waals surface area contributed by atoms with Crippen LogP contribution in [0.25, 0.3) is 0 Å². The first-order valence-corrected chi connectivity index (χ1v) is 2.15. The molecule has 1 saturated heterocycles. The van der Waals surface area contributed by atoms with E-state index in [1.807, 2.05) is 0 Å². The van der Waals surface area contributed by atoms with Crippen LogP contribution in [0.5, 0.6) is 0 Å². The van der Waals surface area contributed by atoms with E-state index >= 15 is 0 Å². The zero-order valence-corrected chi connectivity index (χ0v) is 3.76. The van der Waals surface area contributed by atoms with Gasteiger partial charge in [-0.1, -0.05) is 0 Å². The van der Waals surface area contributed by atoms with Gasteiger partial charge in [0.05, 0.1) is 6.61 Å². The van der Waals surface area contributed by atoms with Gasteiger partial charge in [0.25, 0.3) is 0 Å². The number of carboxylic acid groups (broad SMARTS) is 1. The molecule has 1 heterocycles. The van der Waals surface area contributed by atoms with Gasteiger partial charge < -0.3 is 9.84 Å². The summed E-state index contributed by atoms with van der Waals surface area (Å²) >= 11 is 0. The van der Waals surface area contributed by atoms with Gasteiger partial charge in [-0.3, -0.25) is 0 Å². The second-order valence-electron chi connectivity index (χ2n) is 1.49. The molecule has 1 fully saturated rings. The third-order valence-corrected chi connectivity index (χ3v) is 0.975. The van der Waals surface area contributed by atoms with Crippen LogP contribution >= 0.6 is 0 Å². The van der Waals surface area contributed by atoms with Crippen LogP contribution in [0.15, 0.2) is 0 Å². The molecular weight excluding hydrogens is 119 g/mol. The number of aliphatic carboxylic acids is 1. The Hall–Kier alpha value is 0.430. The quantitative estimate of drug-likeness (QED) is 0.468. The first kappa shape index (κ1) is 8.43. The van der Waals surface area contributed by atoms with Crippen molar-refractivity contribution in [1.29, 1.82) is 0 Å². The van der Waals surface area contributed by atoms with E-state index in [-0.39, 0.29) is 29.6 Å². The van der Waals surface area contributed by atoms with E-state index in [1.54, 1.807) is 0 Å². The van der Waals surface area contributed by atoms with Crippen molar-refractivity contribution >= 4 is 35.5 Å².